The summed E-state index contributed by atoms with van der Waals surface area (Å²) in [6.07, 6.45) is -2.08. The molecule has 1 saturated heterocycles. The van der Waals surface area contributed by atoms with Gasteiger partial charge in [-0.3, -0.25) is 4.79 Å². The maximum absolute atomic E-state index is 13.1. The normalized spacial score (nSPS) is 14.6. The number of hydrogen-bond donors (Lipinski definition) is 3. The van der Waals surface area contributed by atoms with Crippen LogP contribution in [-0.2, 0) is 6.18 Å². The van der Waals surface area contributed by atoms with E-state index in [9.17, 15) is 18.0 Å². The molecule has 1 amide bonds. The second-order valence-corrected chi connectivity index (χ2v) is 9.78. The van der Waals surface area contributed by atoms with E-state index in [1.54, 1.807) is 28.9 Å². The maximum atomic E-state index is 13.1. The first-order chi connectivity index (χ1) is 19.5. The lowest BCUT2D eigenvalue weighted by atomic mass is 10.1. The zero-order valence-electron chi connectivity index (χ0n) is 22.7. The number of alkyl halides is 3. The van der Waals surface area contributed by atoms with Gasteiger partial charge in [0.25, 0.3) is 5.91 Å². The van der Waals surface area contributed by atoms with Gasteiger partial charge in [0.05, 0.1) is 11.3 Å². The van der Waals surface area contributed by atoms with E-state index in [0.717, 1.165) is 55.8 Å². The third kappa shape index (κ3) is 6.78. The zero-order chi connectivity index (χ0) is 29.1. The van der Waals surface area contributed by atoms with Crippen LogP contribution in [0, 0.1) is 13.8 Å². The Hall–Kier alpha value is -4.56. The third-order valence-corrected chi connectivity index (χ3v) is 6.57. The topological polar surface area (TPSA) is 116 Å². The van der Waals surface area contributed by atoms with Crippen LogP contribution < -0.4 is 16.1 Å². The second kappa shape index (κ2) is 11.5. The van der Waals surface area contributed by atoms with Gasteiger partial charge in [-0.25, -0.2) is 20.0 Å². The summed E-state index contributed by atoms with van der Waals surface area (Å²) in [4.78, 5) is 27.7. The second-order valence-electron chi connectivity index (χ2n) is 9.78. The molecule has 11 nitrogen and oxygen atoms in total. The predicted molar refractivity (Wildman–Crippen MR) is 148 cm³/mol. The van der Waals surface area contributed by atoms with Crippen molar-refractivity contribution in [3.8, 4) is 5.82 Å². The first-order valence-electron chi connectivity index (χ1n) is 12.9. The number of aromatic nitrogens is 5. The quantitative estimate of drug-likeness (QED) is 0.302. The lowest BCUT2D eigenvalue weighted by Crippen LogP contribution is -2.47. The molecule has 5 rings (SSSR count). The smallest absolute Gasteiger partial charge is 0.340 e. The van der Waals surface area contributed by atoms with Gasteiger partial charge in [0.2, 0.25) is 0 Å². The number of anilines is 4. The fourth-order valence-electron chi connectivity index (χ4n) is 4.27. The monoisotopic (exact) mass is 566 g/mol. The third-order valence-electron chi connectivity index (χ3n) is 6.57. The van der Waals surface area contributed by atoms with E-state index >= 15 is 0 Å². The summed E-state index contributed by atoms with van der Waals surface area (Å²) in [6.45, 7) is 7.33. The fraction of sp³-hybridized carbons (Fsp3) is 0.296. The maximum Gasteiger partial charge on any atom is 0.416 e. The number of carbonyl (C=O) groups excluding carboxylic acids is 1. The summed E-state index contributed by atoms with van der Waals surface area (Å²) in [5, 5.41) is 12.4. The Balaban J connectivity index is 1.35. The number of aryl methyl sites for hydroxylation is 2. The van der Waals surface area contributed by atoms with Crippen LogP contribution in [0.1, 0.15) is 27.2 Å². The molecular formula is C27H29F3N10O. The molecule has 1 aliphatic rings. The molecule has 0 bridgehead atoms. The predicted octanol–water partition coefficient (Wildman–Crippen LogP) is 4.26. The van der Waals surface area contributed by atoms with Crippen molar-refractivity contribution in [2.75, 3.05) is 49.3 Å². The summed E-state index contributed by atoms with van der Waals surface area (Å²) in [5.74, 6) is 0.983. The molecule has 41 heavy (non-hydrogen) atoms. The van der Waals surface area contributed by atoms with Gasteiger partial charge in [-0.2, -0.15) is 23.0 Å². The van der Waals surface area contributed by atoms with Crippen LogP contribution in [-0.4, -0.2) is 73.8 Å². The Morgan fingerprint density at radius 1 is 0.927 bits per heavy atom. The molecule has 1 aliphatic heterocycles. The SMILES string of the molecule is Cc1cc(Nc2cc(C(=O)Nc3cc(C(F)(F)F)ccn3)ccc2C)n(-c2cc(NN3CCN(C)CC3)ncn2)n1. The van der Waals surface area contributed by atoms with Crippen molar-refractivity contribution in [1.29, 1.82) is 0 Å². The number of likely N-dealkylation sites (N-methyl/N-ethyl adjacent to an activating group) is 1. The molecule has 14 heteroatoms. The molecule has 214 valence electrons. The van der Waals surface area contributed by atoms with Crippen molar-refractivity contribution in [2.45, 2.75) is 20.0 Å². The highest BCUT2D eigenvalue weighted by Crippen LogP contribution is 2.30. The van der Waals surface area contributed by atoms with Crippen LogP contribution in [0.4, 0.5) is 36.3 Å². The molecule has 4 heterocycles. The number of hydrazine groups is 1. The van der Waals surface area contributed by atoms with Gasteiger partial charge in [0.15, 0.2) is 5.82 Å². The minimum absolute atomic E-state index is 0.196. The Morgan fingerprint density at radius 3 is 2.46 bits per heavy atom. The highest BCUT2D eigenvalue weighted by molar-refractivity contribution is 6.04. The van der Waals surface area contributed by atoms with Gasteiger partial charge in [-0.1, -0.05) is 6.07 Å². The molecule has 1 fully saturated rings. The van der Waals surface area contributed by atoms with E-state index < -0.39 is 17.6 Å². The lowest BCUT2D eigenvalue weighted by Gasteiger charge is -2.32. The number of hydrogen-bond acceptors (Lipinski definition) is 9. The highest BCUT2D eigenvalue weighted by atomic mass is 19.4. The molecule has 0 radical (unpaired) electrons. The van der Waals surface area contributed by atoms with Gasteiger partial charge in [0, 0.05) is 55.8 Å². The summed E-state index contributed by atoms with van der Waals surface area (Å²) in [5.41, 5.74) is 4.86. The van der Waals surface area contributed by atoms with Gasteiger partial charge in [0.1, 0.15) is 23.8 Å². The number of nitrogens with one attached hydrogen (secondary N) is 3. The number of rotatable bonds is 7. The van der Waals surface area contributed by atoms with E-state index in [1.807, 2.05) is 19.9 Å². The highest BCUT2D eigenvalue weighted by Gasteiger charge is 2.31. The van der Waals surface area contributed by atoms with Gasteiger partial charge in [-0.05, 0) is 50.7 Å². The number of piperazine rings is 1. The number of nitrogens with zero attached hydrogens (tertiary/aromatic N) is 7. The molecule has 1 aromatic carbocycles. The summed E-state index contributed by atoms with van der Waals surface area (Å²) in [7, 11) is 2.09. The molecular weight excluding hydrogens is 537 g/mol. The molecule has 0 unspecified atom stereocenters. The van der Waals surface area contributed by atoms with Crippen molar-refractivity contribution in [3.63, 3.8) is 0 Å². The van der Waals surface area contributed by atoms with Crippen molar-refractivity contribution in [1.82, 2.24) is 34.6 Å². The molecule has 3 aromatic heterocycles. The fourth-order valence-corrected chi connectivity index (χ4v) is 4.27. The Kier molecular flexibility index (Phi) is 7.85. The molecule has 0 saturated carbocycles. The Bertz CT molecular complexity index is 1550. The first kappa shape index (κ1) is 28.0. The first-order valence-corrected chi connectivity index (χ1v) is 12.9. The van der Waals surface area contributed by atoms with Crippen LogP contribution in [0.3, 0.4) is 0 Å². The van der Waals surface area contributed by atoms with Crippen LogP contribution >= 0.6 is 0 Å². The van der Waals surface area contributed by atoms with Crippen LogP contribution in [0.2, 0.25) is 0 Å². The number of carbonyl (C=O) groups is 1. The standard InChI is InChI=1S/C27H29F3N10O/c1-17-4-5-19(26(41)35-22-14-20(6-7-31-22)27(28,29)30)13-21(17)34-25-12-18(2)36-40(25)24-15-23(32-16-33-24)37-39-10-8-38(3)9-11-39/h4-7,12-16,34H,8-11H2,1-3H3,(H,31,35,41)(H,32,33,37). The van der Waals surface area contributed by atoms with E-state index in [0.29, 0.717) is 23.1 Å². The van der Waals surface area contributed by atoms with Gasteiger partial charge < -0.3 is 21.0 Å². The number of pyridine rings is 1. The van der Waals surface area contributed by atoms with Crippen molar-refractivity contribution >= 4 is 29.0 Å². The van der Waals surface area contributed by atoms with E-state index in [4.69, 9.17) is 0 Å². The van der Waals surface area contributed by atoms with Gasteiger partial charge >= 0.3 is 6.18 Å². The van der Waals surface area contributed by atoms with E-state index in [1.165, 1.54) is 6.33 Å². The number of amides is 1. The lowest BCUT2D eigenvalue weighted by molar-refractivity contribution is -0.137. The molecule has 0 aliphatic carbocycles. The van der Waals surface area contributed by atoms with Crippen molar-refractivity contribution in [3.05, 3.63) is 77.4 Å². The van der Waals surface area contributed by atoms with Crippen LogP contribution in [0.25, 0.3) is 5.82 Å². The van der Waals surface area contributed by atoms with Gasteiger partial charge in [-0.15, -0.1) is 0 Å². The number of benzene rings is 1. The summed E-state index contributed by atoms with van der Waals surface area (Å²) in [6, 6.07) is 10.2. The van der Waals surface area contributed by atoms with Crippen molar-refractivity contribution in [2.24, 2.45) is 0 Å². The molecule has 4 aromatic rings. The Labute approximate surface area is 234 Å². The molecule has 3 N–H and O–H groups in total. The molecule has 0 atom stereocenters. The zero-order valence-corrected chi connectivity index (χ0v) is 22.7. The molecule has 0 spiro atoms. The summed E-state index contributed by atoms with van der Waals surface area (Å²) >= 11 is 0. The van der Waals surface area contributed by atoms with Crippen LogP contribution in [0.15, 0.2) is 55.0 Å². The summed E-state index contributed by atoms with van der Waals surface area (Å²) < 4.78 is 40.8. The van der Waals surface area contributed by atoms with E-state index in [-0.39, 0.29) is 11.4 Å². The van der Waals surface area contributed by atoms with E-state index in [2.05, 4.69) is 53.1 Å². The largest absolute Gasteiger partial charge is 0.416 e. The average Bonchev–Trinajstić information content (AvgIpc) is 3.31. The Morgan fingerprint density at radius 2 is 1.71 bits per heavy atom. The number of halogens is 3. The minimum atomic E-state index is -4.55. The van der Waals surface area contributed by atoms with Crippen molar-refractivity contribution < 1.29 is 18.0 Å². The minimum Gasteiger partial charge on any atom is -0.340 e. The van der Waals surface area contributed by atoms with Crippen LogP contribution in [0.5, 0.6) is 0 Å². The average molecular weight is 567 g/mol.